The number of carbonyl (C=O) groups is 3. The normalized spacial score (nSPS) is 31.6. The van der Waals surface area contributed by atoms with Crippen molar-refractivity contribution < 1.29 is 24.2 Å². The molecule has 7 nitrogen and oxygen atoms in total. The number of fused-ring (bicyclic) bond motifs is 1. The van der Waals surface area contributed by atoms with Crippen LogP contribution in [0.1, 0.15) is 13.8 Å². The van der Waals surface area contributed by atoms with Crippen molar-refractivity contribution >= 4 is 29.5 Å². The number of hydrogen-bond acceptors (Lipinski definition) is 5. The second kappa shape index (κ2) is 5.84. The molecule has 0 saturated carbocycles. The summed E-state index contributed by atoms with van der Waals surface area (Å²) in [4.78, 5) is 36.8. The third kappa shape index (κ3) is 2.74. The first-order chi connectivity index (χ1) is 9.82. The largest absolute Gasteiger partial charge is 0.481 e. The van der Waals surface area contributed by atoms with Crippen molar-refractivity contribution in [3.63, 3.8) is 0 Å². The third-order valence-electron chi connectivity index (χ3n) is 3.84. The van der Waals surface area contributed by atoms with E-state index in [0.717, 1.165) is 0 Å². The monoisotopic (exact) mass is 316 g/mol. The summed E-state index contributed by atoms with van der Waals surface area (Å²) in [7, 11) is 1.45. The van der Waals surface area contributed by atoms with Crippen molar-refractivity contribution in [2.45, 2.75) is 25.3 Å². The highest BCUT2D eigenvalue weighted by molar-refractivity contribution is 8.00. The molecule has 2 aliphatic heterocycles. The van der Waals surface area contributed by atoms with E-state index in [1.165, 1.54) is 23.8 Å². The Kier molecular flexibility index (Phi) is 4.48. The second-order valence-corrected chi connectivity index (χ2v) is 6.93. The van der Waals surface area contributed by atoms with Crippen LogP contribution < -0.4 is 5.32 Å². The van der Waals surface area contributed by atoms with Crippen LogP contribution in [0.25, 0.3) is 0 Å². The van der Waals surface area contributed by atoms with Gasteiger partial charge in [0.05, 0.1) is 6.61 Å². The number of aliphatic carboxylic acids is 1. The SMILES string of the molecule is COCC1(C(=O)O)CS[C@@H]2C(NC(=O)C(C)C)C(=O)N2C1. The van der Waals surface area contributed by atoms with E-state index in [1.807, 2.05) is 0 Å². The zero-order valence-electron chi connectivity index (χ0n) is 12.3. The van der Waals surface area contributed by atoms with Crippen molar-refractivity contribution in [2.24, 2.45) is 11.3 Å². The highest BCUT2D eigenvalue weighted by Crippen LogP contribution is 2.42. The van der Waals surface area contributed by atoms with E-state index >= 15 is 0 Å². The Morgan fingerprint density at radius 2 is 2.24 bits per heavy atom. The summed E-state index contributed by atoms with van der Waals surface area (Å²) in [6.07, 6.45) is 0. The fourth-order valence-electron chi connectivity index (χ4n) is 2.50. The van der Waals surface area contributed by atoms with E-state index < -0.39 is 17.4 Å². The quantitative estimate of drug-likeness (QED) is 0.680. The van der Waals surface area contributed by atoms with E-state index in [0.29, 0.717) is 5.75 Å². The average Bonchev–Trinajstić information content (AvgIpc) is 2.44. The lowest BCUT2D eigenvalue weighted by Crippen LogP contribution is -2.74. The predicted molar refractivity (Wildman–Crippen MR) is 76.7 cm³/mol. The molecule has 2 N–H and O–H groups in total. The molecule has 0 bridgehead atoms. The molecule has 2 saturated heterocycles. The lowest BCUT2D eigenvalue weighted by Gasteiger charge is -2.53. The summed E-state index contributed by atoms with van der Waals surface area (Å²) in [5.41, 5.74) is -1.07. The molecule has 3 atom stereocenters. The van der Waals surface area contributed by atoms with Gasteiger partial charge in [-0.1, -0.05) is 13.8 Å². The Labute approximate surface area is 127 Å². The molecule has 0 spiro atoms. The number of carboxylic acid groups (broad SMARTS) is 1. The minimum Gasteiger partial charge on any atom is -0.481 e. The van der Waals surface area contributed by atoms with Crippen molar-refractivity contribution in [2.75, 3.05) is 26.0 Å². The topological polar surface area (TPSA) is 95.9 Å². The second-order valence-electron chi connectivity index (χ2n) is 5.83. The molecule has 118 valence electrons. The summed E-state index contributed by atoms with van der Waals surface area (Å²) >= 11 is 1.38. The van der Waals surface area contributed by atoms with E-state index in [4.69, 9.17) is 4.74 Å². The lowest BCUT2D eigenvalue weighted by atomic mass is 9.88. The van der Waals surface area contributed by atoms with Crippen LogP contribution in [0.2, 0.25) is 0 Å². The molecule has 2 unspecified atom stereocenters. The van der Waals surface area contributed by atoms with E-state index in [1.54, 1.807) is 13.8 Å². The first-order valence-electron chi connectivity index (χ1n) is 6.77. The zero-order chi connectivity index (χ0) is 15.8. The Morgan fingerprint density at radius 1 is 1.57 bits per heavy atom. The van der Waals surface area contributed by atoms with Gasteiger partial charge in [-0.2, -0.15) is 0 Å². The Bertz CT molecular complexity index is 469. The maximum atomic E-state index is 12.1. The number of β-lactam (4-membered cyclic amide) rings is 1. The molecule has 0 aromatic heterocycles. The van der Waals surface area contributed by atoms with Gasteiger partial charge in [-0.25, -0.2) is 0 Å². The van der Waals surface area contributed by atoms with Gasteiger partial charge in [-0.05, 0) is 0 Å². The number of methoxy groups -OCH3 is 1. The number of carbonyl (C=O) groups excluding carboxylic acids is 2. The summed E-state index contributed by atoms with van der Waals surface area (Å²) < 4.78 is 5.01. The van der Waals surface area contributed by atoms with Crippen LogP contribution in [-0.2, 0) is 19.1 Å². The molecule has 2 heterocycles. The van der Waals surface area contributed by atoms with Gasteiger partial charge < -0.3 is 20.1 Å². The zero-order valence-corrected chi connectivity index (χ0v) is 13.1. The van der Waals surface area contributed by atoms with Gasteiger partial charge in [0.2, 0.25) is 11.8 Å². The summed E-state index contributed by atoms with van der Waals surface area (Å²) in [6, 6.07) is -0.542. The highest BCUT2D eigenvalue weighted by atomic mass is 32.2. The molecule has 21 heavy (non-hydrogen) atoms. The molecule has 2 aliphatic rings. The highest BCUT2D eigenvalue weighted by Gasteiger charge is 2.57. The molecular formula is C13H20N2O5S. The van der Waals surface area contributed by atoms with E-state index in [2.05, 4.69) is 5.32 Å². The van der Waals surface area contributed by atoms with Crippen LogP contribution in [0.4, 0.5) is 0 Å². The maximum absolute atomic E-state index is 12.1. The molecule has 2 amide bonds. The Hall–Kier alpha value is -1.28. The van der Waals surface area contributed by atoms with Crippen LogP contribution in [-0.4, -0.2) is 65.2 Å². The van der Waals surface area contributed by atoms with E-state index in [9.17, 15) is 19.5 Å². The van der Waals surface area contributed by atoms with Gasteiger partial charge in [-0.15, -0.1) is 11.8 Å². The van der Waals surface area contributed by atoms with Gasteiger partial charge in [0.15, 0.2) is 0 Å². The molecular weight excluding hydrogens is 296 g/mol. The van der Waals surface area contributed by atoms with Crippen LogP contribution in [0, 0.1) is 11.3 Å². The number of nitrogens with zero attached hydrogens (tertiary/aromatic N) is 1. The third-order valence-corrected chi connectivity index (χ3v) is 5.43. The molecule has 0 aliphatic carbocycles. The molecule has 2 rings (SSSR count). The van der Waals surface area contributed by atoms with Gasteiger partial charge in [0.1, 0.15) is 16.8 Å². The fourth-order valence-corrected chi connectivity index (χ4v) is 4.03. The van der Waals surface area contributed by atoms with Crippen LogP contribution in [0.3, 0.4) is 0 Å². The Balaban J connectivity index is 2.04. The van der Waals surface area contributed by atoms with Crippen LogP contribution >= 0.6 is 11.8 Å². The maximum Gasteiger partial charge on any atom is 0.314 e. The van der Waals surface area contributed by atoms with Gasteiger partial charge in [0.25, 0.3) is 0 Å². The molecule has 0 radical (unpaired) electrons. The van der Waals surface area contributed by atoms with Crippen molar-refractivity contribution in [1.29, 1.82) is 0 Å². The molecule has 2 fully saturated rings. The summed E-state index contributed by atoms with van der Waals surface area (Å²) in [5.74, 6) is -1.17. The Morgan fingerprint density at radius 3 is 2.76 bits per heavy atom. The van der Waals surface area contributed by atoms with Crippen molar-refractivity contribution in [3.8, 4) is 0 Å². The van der Waals surface area contributed by atoms with Crippen molar-refractivity contribution in [3.05, 3.63) is 0 Å². The summed E-state index contributed by atoms with van der Waals surface area (Å²) in [6.45, 7) is 3.71. The van der Waals surface area contributed by atoms with Crippen LogP contribution in [0.15, 0.2) is 0 Å². The molecule has 0 aromatic rings. The fraction of sp³-hybridized carbons (Fsp3) is 0.769. The van der Waals surface area contributed by atoms with Crippen molar-refractivity contribution in [1.82, 2.24) is 10.2 Å². The number of amides is 2. The van der Waals surface area contributed by atoms with Gasteiger partial charge in [-0.3, -0.25) is 14.4 Å². The molecule has 8 heteroatoms. The molecule has 0 aromatic carbocycles. The number of rotatable bonds is 5. The van der Waals surface area contributed by atoms with Gasteiger partial charge >= 0.3 is 5.97 Å². The van der Waals surface area contributed by atoms with Gasteiger partial charge in [0, 0.05) is 25.3 Å². The smallest absolute Gasteiger partial charge is 0.314 e. The minimum absolute atomic E-state index is 0.0643. The standard InChI is InChI=1S/C13H20N2O5S/c1-7(2)9(16)14-8-10(17)15-4-13(5-20-3,12(18)19)6-21-11(8)15/h7-8,11H,4-6H2,1-3H3,(H,14,16)(H,18,19)/t8?,11-,13?/m1/s1. The number of nitrogens with one attached hydrogen (secondary N) is 1. The number of ether oxygens (including phenoxy) is 1. The van der Waals surface area contributed by atoms with Crippen LogP contribution in [0.5, 0.6) is 0 Å². The minimum atomic E-state index is -1.07. The first kappa shape index (κ1) is 16.1. The predicted octanol–water partition coefficient (Wildman–Crippen LogP) is -0.240. The summed E-state index contributed by atoms with van der Waals surface area (Å²) in [5, 5.41) is 12.0. The number of thioether (sulfide) groups is 1. The first-order valence-corrected chi connectivity index (χ1v) is 7.82. The number of hydrogen-bond donors (Lipinski definition) is 2. The average molecular weight is 316 g/mol. The lowest BCUT2D eigenvalue weighted by molar-refractivity contribution is -0.161. The number of carboxylic acids is 1. The van der Waals surface area contributed by atoms with E-state index in [-0.39, 0.29) is 36.3 Å².